The normalized spacial score (nSPS) is 13.6. The minimum Gasteiger partial charge on any atom is -0.203 e. The molecule has 0 aliphatic heterocycles. The van der Waals surface area contributed by atoms with Gasteiger partial charge in [-0.1, -0.05) is 30.0 Å². The zero-order valence-electron chi connectivity index (χ0n) is 7.45. The minimum absolute atomic E-state index is 0.0189. The van der Waals surface area contributed by atoms with E-state index >= 15 is 0 Å². The van der Waals surface area contributed by atoms with Gasteiger partial charge in [-0.25, -0.2) is 8.78 Å². The Balaban J connectivity index is 3.44. The number of hydrogen-bond donors (Lipinski definition) is 0. The van der Waals surface area contributed by atoms with Gasteiger partial charge in [0.15, 0.2) is 0 Å². The van der Waals surface area contributed by atoms with E-state index in [0.717, 1.165) is 6.42 Å². The third-order valence-electron chi connectivity index (χ3n) is 1.44. The van der Waals surface area contributed by atoms with E-state index in [2.05, 4.69) is 20.8 Å². The first kappa shape index (κ1) is 11.3. The van der Waals surface area contributed by atoms with Gasteiger partial charge in [0.1, 0.15) is 0 Å². The summed E-state index contributed by atoms with van der Waals surface area (Å²) < 4.78 is 24.5. The molecule has 68 valence electrons. The van der Waals surface area contributed by atoms with E-state index in [1.807, 2.05) is 0 Å². The van der Waals surface area contributed by atoms with Gasteiger partial charge in [-0.2, -0.15) is 0 Å². The molecule has 0 spiro atoms. The number of halogens is 2. The van der Waals surface area contributed by atoms with Crippen molar-refractivity contribution in [2.24, 2.45) is 5.41 Å². The summed E-state index contributed by atoms with van der Waals surface area (Å²) in [6.07, 6.45) is 1.44. The monoisotopic (exact) mass is 182 g/mol. The zero-order chi connectivity index (χ0) is 9.12. The van der Waals surface area contributed by atoms with Crippen molar-refractivity contribution in [3.05, 3.63) is 0 Å². The molecule has 0 bridgehead atoms. The lowest BCUT2D eigenvalue weighted by atomic mass is 9.90. The Morgan fingerprint density at radius 3 is 1.82 bits per heavy atom. The average Bonchev–Trinajstić information content (AvgIpc) is 1.55. The van der Waals surface area contributed by atoms with Crippen LogP contribution in [0.2, 0.25) is 0 Å². The van der Waals surface area contributed by atoms with Gasteiger partial charge >= 0.3 is 0 Å². The fourth-order valence-electron chi connectivity index (χ4n) is 0.854. The molecule has 0 aliphatic carbocycles. The minimum atomic E-state index is -2.56. The highest BCUT2D eigenvalue weighted by atomic mass is 31.0. The molecule has 0 fully saturated rings. The second-order valence-electron chi connectivity index (χ2n) is 4.18. The molecule has 0 N–H and O–H groups in total. The first-order valence-corrected chi connectivity index (χ1v) is 4.45. The summed E-state index contributed by atoms with van der Waals surface area (Å²) in [5.41, 5.74) is -2.39. The molecule has 0 radical (unpaired) electrons. The Hall–Kier alpha value is 0.290. The fourth-order valence-corrected chi connectivity index (χ4v) is 1.06. The molecular weight excluding hydrogens is 165 g/mol. The maximum Gasteiger partial charge on any atom is 0.259 e. The Morgan fingerprint density at radius 2 is 1.55 bits per heavy atom. The zero-order valence-corrected chi connectivity index (χ0v) is 8.61. The molecule has 0 aliphatic rings. The fraction of sp³-hybridized carbons (Fsp3) is 1.00. The Kier molecular flexibility index (Phi) is 3.90. The van der Waals surface area contributed by atoms with Gasteiger partial charge in [0.05, 0.1) is 0 Å². The Bertz CT molecular complexity index is 96.2. The van der Waals surface area contributed by atoms with Gasteiger partial charge in [0, 0.05) is 6.42 Å². The number of alkyl halides is 2. The highest BCUT2D eigenvalue weighted by molar-refractivity contribution is 7.18. The predicted octanol–water partition coefficient (Wildman–Crippen LogP) is 3.67. The summed E-state index contributed by atoms with van der Waals surface area (Å²) in [6.45, 7) is 6.19. The van der Waals surface area contributed by atoms with E-state index in [1.165, 1.54) is 0 Å². The molecule has 1 unspecified atom stereocenters. The summed E-state index contributed by atoms with van der Waals surface area (Å²) in [6, 6.07) is 0. The van der Waals surface area contributed by atoms with Crippen LogP contribution in [0.3, 0.4) is 0 Å². The van der Waals surface area contributed by atoms with Crippen molar-refractivity contribution in [3.8, 4) is 0 Å². The van der Waals surface area contributed by atoms with Crippen molar-refractivity contribution in [2.75, 3.05) is 0 Å². The standard InChI is InChI=1S/C8H17F2P/c1-7(2,3)5-4-6-8(9,10)11/h4-6,11H2,1-3H3. The molecular formula is C8H17F2P. The van der Waals surface area contributed by atoms with Crippen LogP contribution in [0.5, 0.6) is 0 Å². The van der Waals surface area contributed by atoms with E-state index in [0.29, 0.717) is 6.42 Å². The van der Waals surface area contributed by atoms with Crippen molar-refractivity contribution >= 4 is 9.24 Å². The molecule has 0 aromatic carbocycles. The first-order chi connectivity index (χ1) is 4.71. The molecule has 1 atom stereocenters. The maximum absolute atomic E-state index is 12.3. The van der Waals surface area contributed by atoms with E-state index < -0.39 is 5.66 Å². The molecule has 3 heteroatoms. The van der Waals surface area contributed by atoms with Crippen molar-refractivity contribution in [2.45, 2.75) is 45.7 Å². The second kappa shape index (κ2) is 3.80. The highest BCUT2D eigenvalue weighted by Crippen LogP contribution is 2.31. The van der Waals surface area contributed by atoms with Crippen LogP contribution in [0.15, 0.2) is 0 Å². The number of rotatable bonds is 3. The van der Waals surface area contributed by atoms with Gasteiger partial charge in [0.2, 0.25) is 0 Å². The topological polar surface area (TPSA) is 0 Å². The molecule has 0 amide bonds. The van der Waals surface area contributed by atoms with Crippen LogP contribution < -0.4 is 0 Å². The van der Waals surface area contributed by atoms with E-state index in [1.54, 1.807) is 9.24 Å². The largest absolute Gasteiger partial charge is 0.259 e. The summed E-state index contributed by atoms with van der Waals surface area (Å²) in [4.78, 5) is 0. The Labute approximate surface area is 70.0 Å². The summed E-state index contributed by atoms with van der Waals surface area (Å²) in [7, 11) is 1.57. The summed E-state index contributed by atoms with van der Waals surface area (Å²) in [5.74, 6) is 0. The molecule has 0 saturated heterocycles. The molecule has 0 heterocycles. The van der Waals surface area contributed by atoms with E-state index in [9.17, 15) is 8.78 Å². The molecule has 0 rings (SSSR count). The van der Waals surface area contributed by atoms with Gasteiger partial charge in [-0.3, -0.25) is 0 Å². The summed E-state index contributed by atoms with van der Waals surface area (Å²) >= 11 is 0. The highest BCUT2D eigenvalue weighted by Gasteiger charge is 2.21. The van der Waals surface area contributed by atoms with Crippen LogP contribution in [0.4, 0.5) is 8.78 Å². The maximum atomic E-state index is 12.3. The lowest BCUT2D eigenvalue weighted by Crippen LogP contribution is -2.09. The molecule has 0 saturated carbocycles. The predicted molar refractivity (Wildman–Crippen MR) is 48.0 cm³/mol. The lowest BCUT2D eigenvalue weighted by Gasteiger charge is -2.18. The van der Waals surface area contributed by atoms with Crippen LogP contribution in [0.25, 0.3) is 0 Å². The van der Waals surface area contributed by atoms with Crippen molar-refractivity contribution in [3.63, 3.8) is 0 Å². The molecule has 11 heavy (non-hydrogen) atoms. The van der Waals surface area contributed by atoms with Crippen LogP contribution in [0.1, 0.15) is 40.0 Å². The van der Waals surface area contributed by atoms with Crippen LogP contribution in [-0.2, 0) is 0 Å². The molecule has 0 aromatic rings. The van der Waals surface area contributed by atoms with E-state index in [4.69, 9.17) is 0 Å². The SMILES string of the molecule is CC(C)(C)CCCC(F)(F)P. The first-order valence-electron chi connectivity index (χ1n) is 3.87. The second-order valence-corrected chi connectivity index (χ2v) is 5.02. The van der Waals surface area contributed by atoms with Crippen molar-refractivity contribution in [1.29, 1.82) is 0 Å². The van der Waals surface area contributed by atoms with Crippen LogP contribution in [-0.4, -0.2) is 5.66 Å². The number of hydrogen-bond acceptors (Lipinski definition) is 0. The smallest absolute Gasteiger partial charge is 0.203 e. The van der Waals surface area contributed by atoms with Gasteiger partial charge in [-0.15, -0.1) is 0 Å². The van der Waals surface area contributed by atoms with Gasteiger partial charge in [-0.05, 0) is 18.3 Å². The van der Waals surface area contributed by atoms with Crippen molar-refractivity contribution in [1.82, 2.24) is 0 Å². The lowest BCUT2D eigenvalue weighted by molar-refractivity contribution is 0.0876. The van der Waals surface area contributed by atoms with Crippen LogP contribution in [0, 0.1) is 5.41 Å². The molecule has 0 nitrogen and oxygen atoms in total. The van der Waals surface area contributed by atoms with Gasteiger partial charge in [0.25, 0.3) is 5.66 Å². The molecule has 0 aromatic heterocycles. The Morgan fingerprint density at radius 1 is 1.09 bits per heavy atom. The van der Waals surface area contributed by atoms with Crippen LogP contribution >= 0.6 is 9.24 Å². The third-order valence-corrected chi connectivity index (χ3v) is 1.73. The van der Waals surface area contributed by atoms with Gasteiger partial charge < -0.3 is 0 Å². The van der Waals surface area contributed by atoms with E-state index in [-0.39, 0.29) is 11.8 Å². The average molecular weight is 182 g/mol. The third kappa shape index (κ3) is 10.3. The summed E-state index contributed by atoms with van der Waals surface area (Å²) in [5, 5.41) is 0. The van der Waals surface area contributed by atoms with Crippen molar-refractivity contribution < 1.29 is 8.78 Å². The quantitative estimate of drug-likeness (QED) is 0.584.